The van der Waals surface area contributed by atoms with Gasteiger partial charge in [-0.15, -0.1) is 0 Å². The van der Waals surface area contributed by atoms with Crippen molar-refractivity contribution in [3.05, 3.63) is 0 Å². The molecule has 4 heteroatoms. The SMILES string of the molecule is N[C@H]1CCOCC[C@@H]1CC(=O)O. The highest BCUT2D eigenvalue weighted by molar-refractivity contribution is 5.67. The summed E-state index contributed by atoms with van der Waals surface area (Å²) in [6, 6.07) is -0.0106. The molecule has 12 heavy (non-hydrogen) atoms. The molecule has 1 heterocycles. The average molecular weight is 173 g/mol. The van der Waals surface area contributed by atoms with E-state index in [0.717, 1.165) is 12.8 Å². The first-order chi connectivity index (χ1) is 5.70. The standard InChI is InChI=1S/C8H15NO3/c9-7-2-4-12-3-1-6(7)5-8(10)11/h6-7H,1-5,9H2,(H,10,11)/t6-,7+/m1/s1. The smallest absolute Gasteiger partial charge is 0.303 e. The number of nitrogens with two attached hydrogens (primary N) is 1. The number of carbonyl (C=O) groups is 1. The highest BCUT2D eigenvalue weighted by Crippen LogP contribution is 2.18. The summed E-state index contributed by atoms with van der Waals surface area (Å²) < 4.78 is 5.20. The Hall–Kier alpha value is -0.610. The quantitative estimate of drug-likeness (QED) is 0.626. The van der Waals surface area contributed by atoms with E-state index in [1.165, 1.54) is 0 Å². The first kappa shape index (κ1) is 9.48. The monoisotopic (exact) mass is 173 g/mol. The maximum absolute atomic E-state index is 10.4. The van der Waals surface area contributed by atoms with E-state index in [2.05, 4.69) is 0 Å². The third-order valence-corrected chi connectivity index (χ3v) is 2.27. The summed E-state index contributed by atoms with van der Waals surface area (Å²) in [5.41, 5.74) is 5.78. The Morgan fingerprint density at radius 3 is 2.83 bits per heavy atom. The van der Waals surface area contributed by atoms with Gasteiger partial charge < -0.3 is 15.6 Å². The summed E-state index contributed by atoms with van der Waals surface area (Å²) in [5, 5.41) is 8.58. The van der Waals surface area contributed by atoms with Crippen molar-refractivity contribution in [3.63, 3.8) is 0 Å². The van der Waals surface area contributed by atoms with Gasteiger partial charge in [0.25, 0.3) is 0 Å². The van der Waals surface area contributed by atoms with Gasteiger partial charge in [0.2, 0.25) is 0 Å². The van der Waals surface area contributed by atoms with E-state index in [9.17, 15) is 4.79 Å². The molecule has 0 unspecified atom stereocenters. The van der Waals surface area contributed by atoms with E-state index in [1.807, 2.05) is 0 Å². The number of rotatable bonds is 2. The first-order valence-electron chi connectivity index (χ1n) is 4.25. The lowest BCUT2D eigenvalue weighted by Crippen LogP contribution is -2.31. The molecule has 70 valence electrons. The molecule has 2 atom stereocenters. The van der Waals surface area contributed by atoms with E-state index < -0.39 is 5.97 Å². The second kappa shape index (κ2) is 4.42. The number of aliphatic carboxylic acids is 1. The fraction of sp³-hybridized carbons (Fsp3) is 0.875. The molecular formula is C8H15NO3. The van der Waals surface area contributed by atoms with Gasteiger partial charge in [0.1, 0.15) is 0 Å². The molecule has 0 amide bonds. The van der Waals surface area contributed by atoms with Crippen LogP contribution in [0.3, 0.4) is 0 Å². The molecule has 1 aliphatic rings. The maximum atomic E-state index is 10.4. The highest BCUT2D eigenvalue weighted by Gasteiger charge is 2.22. The molecule has 4 nitrogen and oxygen atoms in total. The van der Waals surface area contributed by atoms with Crippen LogP contribution >= 0.6 is 0 Å². The van der Waals surface area contributed by atoms with Gasteiger partial charge in [-0.05, 0) is 18.8 Å². The van der Waals surface area contributed by atoms with Crippen LogP contribution in [-0.2, 0) is 9.53 Å². The van der Waals surface area contributed by atoms with Crippen LogP contribution in [0.25, 0.3) is 0 Å². The van der Waals surface area contributed by atoms with Gasteiger partial charge in [0.15, 0.2) is 0 Å². The van der Waals surface area contributed by atoms with Crippen LogP contribution in [0, 0.1) is 5.92 Å². The molecule has 0 aromatic heterocycles. The molecule has 0 aromatic carbocycles. The summed E-state index contributed by atoms with van der Waals surface area (Å²) in [6.45, 7) is 1.31. The predicted molar refractivity (Wildman–Crippen MR) is 43.8 cm³/mol. The van der Waals surface area contributed by atoms with Crippen molar-refractivity contribution in [2.75, 3.05) is 13.2 Å². The van der Waals surface area contributed by atoms with E-state index >= 15 is 0 Å². The van der Waals surface area contributed by atoms with Crippen LogP contribution in [-0.4, -0.2) is 30.3 Å². The second-order valence-electron chi connectivity index (χ2n) is 3.21. The summed E-state index contributed by atoms with van der Waals surface area (Å²) in [7, 11) is 0. The fourth-order valence-corrected chi connectivity index (χ4v) is 1.48. The molecule has 0 saturated carbocycles. The van der Waals surface area contributed by atoms with E-state index in [0.29, 0.717) is 13.2 Å². The maximum Gasteiger partial charge on any atom is 0.303 e. The molecule has 1 saturated heterocycles. The van der Waals surface area contributed by atoms with Gasteiger partial charge in [-0.1, -0.05) is 0 Å². The van der Waals surface area contributed by atoms with Crippen LogP contribution in [0.4, 0.5) is 0 Å². The number of hydrogen-bond donors (Lipinski definition) is 2. The number of hydrogen-bond acceptors (Lipinski definition) is 3. The first-order valence-corrected chi connectivity index (χ1v) is 4.25. The molecule has 0 aromatic rings. The third kappa shape index (κ3) is 2.79. The largest absolute Gasteiger partial charge is 0.481 e. The summed E-state index contributed by atoms with van der Waals surface area (Å²) >= 11 is 0. The molecule has 1 rings (SSSR count). The Morgan fingerprint density at radius 1 is 1.50 bits per heavy atom. The normalized spacial score (nSPS) is 31.1. The van der Waals surface area contributed by atoms with E-state index in [4.69, 9.17) is 15.6 Å². The van der Waals surface area contributed by atoms with Crippen LogP contribution in [0.2, 0.25) is 0 Å². The van der Waals surface area contributed by atoms with Gasteiger partial charge in [-0.25, -0.2) is 0 Å². The summed E-state index contributed by atoms with van der Waals surface area (Å²) in [6.07, 6.45) is 1.72. The van der Waals surface area contributed by atoms with Crippen molar-refractivity contribution in [3.8, 4) is 0 Å². The zero-order valence-corrected chi connectivity index (χ0v) is 7.03. The molecule has 0 bridgehead atoms. The van der Waals surface area contributed by atoms with Crippen molar-refractivity contribution in [2.24, 2.45) is 11.7 Å². The number of ether oxygens (including phenoxy) is 1. The summed E-state index contributed by atoms with van der Waals surface area (Å²) in [4.78, 5) is 10.4. The molecular weight excluding hydrogens is 158 g/mol. The van der Waals surface area contributed by atoms with Crippen molar-refractivity contribution in [2.45, 2.75) is 25.3 Å². The molecule has 0 spiro atoms. The van der Waals surface area contributed by atoms with Crippen molar-refractivity contribution >= 4 is 5.97 Å². The van der Waals surface area contributed by atoms with Crippen molar-refractivity contribution < 1.29 is 14.6 Å². The number of carboxylic acids is 1. The van der Waals surface area contributed by atoms with E-state index in [1.54, 1.807) is 0 Å². The zero-order valence-electron chi connectivity index (χ0n) is 7.03. The van der Waals surface area contributed by atoms with Crippen LogP contribution < -0.4 is 5.73 Å². The van der Waals surface area contributed by atoms with Crippen LogP contribution in [0.1, 0.15) is 19.3 Å². The fourth-order valence-electron chi connectivity index (χ4n) is 1.48. The minimum Gasteiger partial charge on any atom is -0.481 e. The second-order valence-corrected chi connectivity index (χ2v) is 3.21. The van der Waals surface area contributed by atoms with Gasteiger partial charge in [0.05, 0.1) is 0 Å². The Morgan fingerprint density at radius 2 is 2.17 bits per heavy atom. The minimum absolute atomic E-state index is 0.0106. The molecule has 0 radical (unpaired) electrons. The third-order valence-electron chi connectivity index (χ3n) is 2.27. The highest BCUT2D eigenvalue weighted by atomic mass is 16.5. The van der Waals surface area contributed by atoms with Gasteiger partial charge >= 0.3 is 5.97 Å². The molecule has 3 N–H and O–H groups in total. The lowest BCUT2D eigenvalue weighted by atomic mass is 9.92. The van der Waals surface area contributed by atoms with Gasteiger partial charge in [-0.3, -0.25) is 4.79 Å². The Bertz CT molecular complexity index is 160. The zero-order chi connectivity index (χ0) is 8.97. The molecule has 1 fully saturated rings. The van der Waals surface area contributed by atoms with Crippen LogP contribution in [0.15, 0.2) is 0 Å². The van der Waals surface area contributed by atoms with Gasteiger partial charge in [-0.2, -0.15) is 0 Å². The Kier molecular flexibility index (Phi) is 3.49. The predicted octanol–water partition coefficient (Wildman–Crippen LogP) is 0.215. The Balaban J connectivity index is 2.41. The number of carboxylic acid groups (broad SMARTS) is 1. The lowest BCUT2D eigenvalue weighted by molar-refractivity contribution is -0.138. The Labute approximate surface area is 71.7 Å². The van der Waals surface area contributed by atoms with Crippen molar-refractivity contribution in [1.29, 1.82) is 0 Å². The molecule has 1 aliphatic heterocycles. The topological polar surface area (TPSA) is 72.5 Å². The van der Waals surface area contributed by atoms with Crippen LogP contribution in [0.5, 0.6) is 0 Å². The minimum atomic E-state index is -0.766. The summed E-state index contributed by atoms with van der Waals surface area (Å²) in [5.74, 6) is -0.678. The van der Waals surface area contributed by atoms with Crippen molar-refractivity contribution in [1.82, 2.24) is 0 Å². The lowest BCUT2D eigenvalue weighted by Gasteiger charge is -2.17. The average Bonchev–Trinajstić information content (AvgIpc) is 2.16. The van der Waals surface area contributed by atoms with E-state index in [-0.39, 0.29) is 18.4 Å². The van der Waals surface area contributed by atoms with Gasteiger partial charge in [0, 0.05) is 25.7 Å². The molecule has 0 aliphatic carbocycles.